The SMILES string of the molecule is C=C1C=CC=C2B3c4c(cc(-c5ncccn5)cc4-n4c2c1c1c2cccnc2n(-c2ccccc2)c14)-n1c2c(c4nccc3c41)-c1ccccc1CC2c1ccccc1. The van der Waals surface area contributed by atoms with Gasteiger partial charge in [0.2, 0.25) is 0 Å². The number of fused-ring (bicyclic) bond motifs is 14. The Morgan fingerprint density at radius 1 is 0.683 bits per heavy atom. The van der Waals surface area contributed by atoms with Crippen molar-refractivity contribution in [2.45, 2.75) is 12.3 Å². The lowest BCUT2D eigenvalue weighted by Crippen LogP contribution is -2.53. The van der Waals surface area contributed by atoms with E-state index in [0.717, 1.165) is 79.0 Å². The second kappa shape index (κ2) is 11.6. The van der Waals surface area contributed by atoms with Gasteiger partial charge in [-0.05, 0) is 93.6 Å². The molecule has 8 heteroatoms. The normalized spacial score (nSPS) is 15.5. The van der Waals surface area contributed by atoms with Gasteiger partial charge in [-0.2, -0.15) is 0 Å². The third-order valence-corrected chi connectivity index (χ3v) is 13.3. The molecule has 2 aliphatic heterocycles. The van der Waals surface area contributed by atoms with Crippen LogP contribution in [0.4, 0.5) is 0 Å². The quantitative estimate of drug-likeness (QED) is 0.168. The average molecular weight is 766 g/mol. The Morgan fingerprint density at radius 2 is 1.45 bits per heavy atom. The Labute approximate surface area is 345 Å². The molecular weight excluding hydrogens is 733 g/mol. The van der Waals surface area contributed by atoms with E-state index in [1.54, 1.807) is 0 Å². The fourth-order valence-corrected chi connectivity index (χ4v) is 11.1. The van der Waals surface area contributed by atoms with E-state index in [9.17, 15) is 0 Å². The van der Waals surface area contributed by atoms with Crippen LogP contribution in [0, 0.1) is 0 Å². The third-order valence-electron chi connectivity index (χ3n) is 13.3. The average Bonchev–Trinajstić information content (AvgIpc) is 3.92. The molecule has 0 fully saturated rings. The molecule has 0 spiro atoms. The van der Waals surface area contributed by atoms with E-state index >= 15 is 0 Å². The highest BCUT2D eigenvalue weighted by atomic mass is 15.2. The molecule has 0 bridgehead atoms. The molecule has 7 nitrogen and oxygen atoms in total. The zero-order valence-electron chi connectivity index (χ0n) is 32.3. The van der Waals surface area contributed by atoms with Crippen LogP contribution in [0.1, 0.15) is 34.0 Å². The summed E-state index contributed by atoms with van der Waals surface area (Å²) >= 11 is 0. The summed E-state index contributed by atoms with van der Waals surface area (Å²) in [5.74, 6) is 0.778. The Kier molecular flexibility index (Phi) is 6.24. The van der Waals surface area contributed by atoms with Crippen molar-refractivity contribution in [3.63, 3.8) is 0 Å². The van der Waals surface area contributed by atoms with Crippen molar-refractivity contribution in [3.05, 3.63) is 199 Å². The number of rotatable bonds is 3. The highest BCUT2D eigenvalue weighted by Crippen LogP contribution is 2.52. The summed E-state index contributed by atoms with van der Waals surface area (Å²) in [6.07, 6.45) is 15.2. The fraction of sp³-hybridized carbons (Fsp3) is 0.0385. The Balaban J connectivity index is 1.21. The monoisotopic (exact) mass is 765 g/mol. The van der Waals surface area contributed by atoms with E-state index in [1.807, 2.05) is 36.9 Å². The second-order valence-corrected chi connectivity index (χ2v) is 16.3. The number of hydrogen-bond acceptors (Lipinski definition) is 4. The zero-order chi connectivity index (χ0) is 39.2. The van der Waals surface area contributed by atoms with Gasteiger partial charge in [0.05, 0.1) is 16.7 Å². The van der Waals surface area contributed by atoms with Crippen molar-refractivity contribution in [2.24, 2.45) is 0 Å². The minimum atomic E-state index is -0.0871. The number of hydrogen-bond donors (Lipinski definition) is 0. The number of aromatic nitrogens is 7. The first-order valence-corrected chi connectivity index (χ1v) is 20.5. The lowest BCUT2D eigenvalue weighted by molar-refractivity contribution is 0.746. The molecule has 2 aliphatic carbocycles. The number of benzene rings is 4. The van der Waals surface area contributed by atoms with Gasteiger partial charge >= 0.3 is 0 Å². The summed E-state index contributed by atoms with van der Waals surface area (Å²) in [5, 5.41) is 2.24. The van der Waals surface area contributed by atoms with E-state index in [-0.39, 0.29) is 12.6 Å². The molecule has 1 atom stereocenters. The molecule has 60 heavy (non-hydrogen) atoms. The van der Waals surface area contributed by atoms with Crippen molar-refractivity contribution in [3.8, 4) is 39.6 Å². The first kappa shape index (κ1) is 32.2. The summed E-state index contributed by atoms with van der Waals surface area (Å²) in [4.78, 5) is 20.1. The lowest BCUT2D eigenvalue weighted by Gasteiger charge is -2.37. The molecule has 10 aromatic rings. The van der Waals surface area contributed by atoms with Gasteiger partial charge < -0.3 is 4.57 Å². The van der Waals surface area contributed by atoms with Crippen molar-refractivity contribution in [2.75, 3.05) is 0 Å². The van der Waals surface area contributed by atoms with E-state index in [2.05, 4.69) is 141 Å². The first-order valence-electron chi connectivity index (χ1n) is 20.5. The molecule has 8 heterocycles. The molecule has 278 valence electrons. The summed E-state index contributed by atoms with van der Waals surface area (Å²) in [6, 6.07) is 43.6. The zero-order valence-corrected chi connectivity index (χ0v) is 32.3. The van der Waals surface area contributed by atoms with Crippen LogP contribution in [0.15, 0.2) is 171 Å². The van der Waals surface area contributed by atoms with Crippen LogP contribution in [0.25, 0.3) is 83.7 Å². The topological polar surface area (TPSA) is 66.3 Å². The maximum atomic E-state index is 5.30. The van der Waals surface area contributed by atoms with Gasteiger partial charge in [-0.15, -0.1) is 0 Å². The predicted octanol–water partition coefficient (Wildman–Crippen LogP) is 9.56. The molecule has 4 aliphatic rings. The molecule has 0 saturated heterocycles. The highest BCUT2D eigenvalue weighted by molar-refractivity contribution is 7.03. The van der Waals surface area contributed by atoms with Crippen LogP contribution in [-0.2, 0) is 6.42 Å². The summed E-state index contributed by atoms with van der Waals surface area (Å²) in [7, 11) is 0. The van der Waals surface area contributed by atoms with Crippen LogP contribution in [0.3, 0.4) is 0 Å². The van der Waals surface area contributed by atoms with Gasteiger partial charge in [-0.25, -0.2) is 15.0 Å². The maximum absolute atomic E-state index is 5.30. The number of allylic oxidation sites excluding steroid dienone is 4. The molecule has 0 radical (unpaired) electrons. The number of pyridine rings is 2. The van der Waals surface area contributed by atoms with Crippen LogP contribution in [0.5, 0.6) is 0 Å². The molecule has 14 rings (SSSR count). The molecule has 6 aromatic heterocycles. The van der Waals surface area contributed by atoms with E-state index in [4.69, 9.17) is 26.5 Å². The van der Waals surface area contributed by atoms with E-state index in [1.165, 1.54) is 44.3 Å². The van der Waals surface area contributed by atoms with Crippen LogP contribution in [0.2, 0.25) is 0 Å². The van der Waals surface area contributed by atoms with E-state index in [0.29, 0.717) is 5.82 Å². The fourth-order valence-electron chi connectivity index (χ4n) is 11.1. The van der Waals surface area contributed by atoms with Crippen LogP contribution < -0.4 is 10.9 Å². The highest BCUT2D eigenvalue weighted by Gasteiger charge is 2.47. The maximum Gasteiger partial charge on any atom is 0.252 e. The van der Waals surface area contributed by atoms with Gasteiger partial charge in [0.15, 0.2) is 5.82 Å². The van der Waals surface area contributed by atoms with Gasteiger partial charge in [0.1, 0.15) is 11.3 Å². The summed E-state index contributed by atoms with van der Waals surface area (Å²) in [5.41, 5.74) is 21.8. The third kappa shape index (κ3) is 4.00. The predicted molar refractivity (Wildman–Crippen MR) is 242 cm³/mol. The van der Waals surface area contributed by atoms with Crippen LogP contribution in [-0.4, -0.2) is 40.3 Å². The second-order valence-electron chi connectivity index (χ2n) is 16.3. The Hall–Kier alpha value is -7.84. The van der Waals surface area contributed by atoms with Gasteiger partial charge in [0, 0.05) is 80.9 Å². The molecule has 0 amide bonds. The lowest BCUT2D eigenvalue weighted by atomic mass is 9.33. The minimum Gasteiger partial charge on any atom is -0.312 e. The molecule has 4 aromatic carbocycles. The Morgan fingerprint density at radius 3 is 2.30 bits per heavy atom. The number of para-hydroxylation sites is 1. The molecule has 0 N–H and O–H groups in total. The standard InChI is InChI=1S/C52H32BN7/c1-30-13-10-21-38-48-42(30)43-36-20-11-23-57-51(36)58(34-17-6-3-7-18-34)52(43)60(48)41-29-33(50-55-24-12-25-56-50)28-40-45(41)53(38)39-22-26-54-46-44-35-19-9-8-16-32(35)27-37(31-14-4-2-5-15-31)47(44)59(40)49(39)46/h2-26,28-29,37H,1,27H2. The molecule has 1 unspecified atom stereocenters. The number of nitrogens with zero attached hydrogens (tertiary/aromatic N) is 7. The van der Waals surface area contributed by atoms with Crippen LogP contribution >= 0.6 is 0 Å². The smallest absolute Gasteiger partial charge is 0.252 e. The largest absolute Gasteiger partial charge is 0.312 e. The van der Waals surface area contributed by atoms with Crippen molar-refractivity contribution in [1.29, 1.82) is 0 Å². The van der Waals surface area contributed by atoms with Gasteiger partial charge in [-0.3, -0.25) is 14.1 Å². The summed E-state index contributed by atoms with van der Waals surface area (Å²) < 4.78 is 7.43. The van der Waals surface area contributed by atoms with Crippen molar-refractivity contribution in [1.82, 2.24) is 33.6 Å². The van der Waals surface area contributed by atoms with Gasteiger partial charge in [-0.1, -0.05) is 97.6 Å². The molecule has 0 saturated carbocycles. The summed E-state index contributed by atoms with van der Waals surface area (Å²) in [6.45, 7) is 4.66. The van der Waals surface area contributed by atoms with Crippen molar-refractivity contribution >= 4 is 61.8 Å². The first-order chi connectivity index (χ1) is 29.7. The van der Waals surface area contributed by atoms with Gasteiger partial charge in [0.25, 0.3) is 6.71 Å². The van der Waals surface area contributed by atoms with Crippen molar-refractivity contribution < 1.29 is 0 Å². The minimum absolute atomic E-state index is 0.0871. The molecular formula is C52H32BN7. The Bertz CT molecular complexity index is 3590. The van der Waals surface area contributed by atoms with E-state index < -0.39 is 0 Å².